The zero-order chi connectivity index (χ0) is 12.6. The van der Waals surface area contributed by atoms with E-state index in [1.165, 1.54) is 16.8 Å². The maximum Gasteiger partial charge on any atom is 0.351 e. The van der Waals surface area contributed by atoms with Gasteiger partial charge in [-0.15, -0.1) is 0 Å². The van der Waals surface area contributed by atoms with Gasteiger partial charge in [0.15, 0.2) is 6.23 Å². The van der Waals surface area contributed by atoms with Crippen LogP contribution in [0.5, 0.6) is 0 Å². The summed E-state index contributed by atoms with van der Waals surface area (Å²) in [4.78, 5) is 15.2. The first-order valence-corrected chi connectivity index (χ1v) is 6.22. The molecule has 1 unspecified atom stereocenters. The smallest absolute Gasteiger partial charge is 0.351 e. The number of anilines is 1. The summed E-state index contributed by atoms with van der Waals surface area (Å²) in [5.41, 5.74) is 4.85. The number of ether oxygens (including phenoxy) is 1. The van der Waals surface area contributed by atoms with Crippen LogP contribution in [0.2, 0.25) is 0 Å². The maximum absolute atomic E-state index is 11.6. The average molecular weight is 353 g/mol. The SMILES string of the molecule is Nc1ccn([C@@H]2O[C@H](CO)[C@@H](O)C2I)c(=O)n1. The zero-order valence-corrected chi connectivity index (χ0v) is 10.9. The van der Waals surface area contributed by atoms with E-state index in [0.29, 0.717) is 0 Å². The molecule has 4 atom stereocenters. The molecule has 1 saturated heterocycles. The third-order valence-corrected chi connectivity index (χ3v) is 3.95. The summed E-state index contributed by atoms with van der Waals surface area (Å²) in [5, 5.41) is 18.8. The summed E-state index contributed by atoms with van der Waals surface area (Å²) in [5.74, 6) is 0.133. The van der Waals surface area contributed by atoms with Crippen molar-refractivity contribution < 1.29 is 14.9 Å². The lowest BCUT2D eigenvalue weighted by atomic mass is 10.2. The van der Waals surface area contributed by atoms with Gasteiger partial charge >= 0.3 is 5.69 Å². The number of aliphatic hydroxyl groups is 2. The average Bonchev–Trinajstić information content (AvgIpc) is 2.57. The zero-order valence-electron chi connectivity index (χ0n) is 8.73. The second kappa shape index (κ2) is 4.88. The number of hydrogen-bond donors (Lipinski definition) is 3. The van der Waals surface area contributed by atoms with Gasteiger partial charge < -0.3 is 20.7 Å². The van der Waals surface area contributed by atoms with Crippen molar-refractivity contribution in [3.05, 3.63) is 22.7 Å². The van der Waals surface area contributed by atoms with Gasteiger partial charge in [0.2, 0.25) is 0 Å². The maximum atomic E-state index is 11.6. The Bertz CT molecular complexity index is 466. The van der Waals surface area contributed by atoms with E-state index in [0.717, 1.165) is 0 Å². The third-order valence-electron chi connectivity index (χ3n) is 2.60. The van der Waals surface area contributed by atoms with Gasteiger partial charge in [-0.1, -0.05) is 22.6 Å². The molecule has 94 valence electrons. The van der Waals surface area contributed by atoms with E-state index in [1.807, 2.05) is 22.6 Å². The van der Waals surface area contributed by atoms with Crippen LogP contribution in [0.1, 0.15) is 6.23 Å². The van der Waals surface area contributed by atoms with Crippen molar-refractivity contribution in [2.45, 2.75) is 22.4 Å². The topological polar surface area (TPSA) is 111 Å². The monoisotopic (exact) mass is 353 g/mol. The molecule has 1 aromatic rings. The van der Waals surface area contributed by atoms with Gasteiger partial charge in [0.25, 0.3) is 0 Å². The fourth-order valence-electron chi connectivity index (χ4n) is 1.70. The van der Waals surface area contributed by atoms with E-state index >= 15 is 0 Å². The number of nitrogens with zero attached hydrogens (tertiary/aromatic N) is 2. The Labute approximate surface area is 110 Å². The van der Waals surface area contributed by atoms with Crippen LogP contribution in [0.15, 0.2) is 17.1 Å². The highest BCUT2D eigenvalue weighted by molar-refractivity contribution is 14.1. The molecule has 0 radical (unpaired) electrons. The van der Waals surface area contributed by atoms with E-state index in [4.69, 9.17) is 15.6 Å². The molecule has 0 saturated carbocycles. The van der Waals surface area contributed by atoms with Crippen molar-refractivity contribution in [3.8, 4) is 0 Å². The lowest BCUT2D eigenvalue weighted by Crippen LogP contribution is -2.32. The van der Waals surface area contributed by atoms with Gasteiger partial charge in [-0.3, -0.25) is 4.57 Å². The summed E-state index contributed by atoms with van der Waals surface area (Å²) in [6.07, 6.45) is -0.697. The number of nitrogen functional groups attached to an aromatic ring is 1. The van der Waals surface area contributed by atoms with Gasteiger partial charge in [-0.25, -0.2) is 4.79 Å². The van der Waals surface area contributed by atoms with Crippen molar-refractivity contribution in [1.29, 1.82) is 0 Å². The van der Waals surface area contributed by atoms with Gasteiger partial charge in [0.1, 0.15) is 11.9 Å². The molecule has 1 fully saturated rings. The summed E-state index contributed by atoms with van der Waals surface area (Å²) >= 11 is 1.98. The first-order valence-electron chi connectivity index (χ1n) is 4.97. The van der Waals surface area contributed by atoms with Crippen LogP contribution in [0.4, 0.5) is 5.82 Å². The van der Waals surface area contributed by atoms with Crippen LogP contribution in [0.3, 0.4) is 0 Å². The molecule has 0 aliphatic carbocycles. The molecule has 2 heterocycles. The number of halogens is 1. The number of rotatable bonds is 2. The molecule has 8 heteroatoms. The quantitative estimate of drug-likeness (QED) is 0.459. The van der Waals surface area contributed by atoms with Crippen LogP contribution in [0.25, 0.3) is 0 Å². The lowest BCUT2D eigenvalue weighted by molar-refractivity contribution is -0.0455. The predicted octanol–water partition coefficient (Wildman–Crippen LogP) is -1.12. The Balaban J connectivity index is 2.32. The van der Waals surface area contributed by atoms with E-state index in [-0.39, 0.29) is 16.3 Å². The summed E-state index contributed by atoms with van der Waals surface area (Å²) < 4.78 is 6.33. The molecule has 1 aliphatic rings. The Morgan fingerprint density at radius 2 is 2.35 bits per heavy atom. The largest absolute Gasteiger partial charge is 0.394 e. The number of hydrogen-bond acceptors (Lipinski definition) is 6. The lowest BCUT2D eigenvalue weighted by Gasteiger charge is -2.16. The van der Waals surface area contributed by atoms with Gasteiger partial charge in [-0.05, 0) is 6.07 Å². The second-order valence-electron chi connectivity index (χ2n) is 3.72. The number of aliphatic hydroxyl groups excluding tert-OH is 2. The van der Waals surface area contributed by atoms with Crippen LogP contribution in [0, 0.1) is 0 Å². The van der Waals surface area contributed by atoms with Crippen molar-refractivity contribution >= 4 is 28.4 Å². The molecule has 1 aliphatic heterocycles. The Hall–Kier alpha value is -0.710. The van der Waals surface area contributed by atoms with Crippen molar-refractivity contribution in [1.82, 2.24) is 9.55 Å². The molecule has 0 spiro atoms. The highest BCUT2D eigenvalue weighted by atomic mass is 127. The van der Waals surface area contributed by atoms with E-state index < -0.39 is 24.1 Å². The van der Waals surface area contributed by atoms with E-state index in [1.54, 1.807) is 0 Å². The molecule has 2 rings (SSSR count). The normalized spacial score (nSPS) is 32.9. The molecule has 1 aromatic heterocycles. The van der Waals surface area contributed by atoms with Crippen LogP contribution in [-0.2, 0) is 4.74 Å². The minimum Gasteiger partial charge on any atom is -0.394 e. The van der Waals surface area contributed by atoms with Gasteiger partial charge in [0.05, 0.1) is 16.6 Å². The summed E-state index contributed by atoms with van der Waals surface area (Å²) in [7, 11) is 0. The van der Waals surface area contributed by atoms with Crippen LogP contribution < -0.4 is 11.4 Å². The molecule has 0 bridgehead atoms. The Kier molecular flexibility index (Phi) is 3.66. The molecular formula is C9H12IN3O4. The van der Waals surface area contributed by atoms with Gasteiger partial charge in [0, 0.05) is 6.20 Å². The number of aromatic nitrogens is 2. The fourth-order valence-corrected chi connectivity index (χ4v) is 2.68. The second-order valence-corrected chi connectivity index (χ2v) is 5.16. The fraction of sp³-hybridized carbons (Fsp3) is 0.556. The standard InChI is InChI=1S/C9H12IN3O4/c10-6-7(15)4(3-14)17-8(6)13-2-1-5(11)12-9(13)16/h1-2,4,6-8,14-15H,3H2,(H2,11,12,16)/t4-,6?,7-,8-/m1/s1. The van der Waals surface area contributed by atoms with E-state index in [9.17, 15) is 9.90 Å². The minimum atomic E-state index is -0.824. The Morgan fingerprint density at radius 3 is 2.88 bits per heavy atom. The van der Waals surface area contributed by atoms with Crippen molar-refractivity contribution in [2.75, 3.05) is 12.3 Å². The number of nitrogens with two attached hydrogens (primary N) is 1. The van der Waals surface area contributed by atoms with Gasteiger partial charge in [-0.2, -0.15) is 4.98 Å². The minimum absolute atomic E-state index is 0.133. The van der Waals surface area contributed by atoms with Crippen molar-refractivity contribution in [2.24, 2.45) is 0 Å². The van der Waals surface area contributed by atoms with Crippen LogP contribution in [-0.4, -0.2) is 42.5 Å². The third kappa shape index (κ3) is 2.30. The first-order chi connectivity index (χ1) is 8.04. The molecular weight excluding hydrogens is 341 g/mol. The highest BCUT2D eigenvalue weighted by Gasteiger charge is 2.43. The number of alkyl halides is 1. The molecule has 4 N–H and O–H groups in total. The van der Waals surface area contributed by atoms with Crippen LogP contribution >= 0.6 is 22.6 Å². The molecule has 0 amide bonds. The van der Waals surface area contributed by atoms with Crippen molar-refractivity contribution in [3.63, 3.8) is 0 Å². The molecule has 7 nitrogen and oxygen atoms in total. The van der Waals surface area contributed by atoms with E-state index in [2.05, 4.69) is 4.98 Å². The predicted molar refractivity (Wildman–Crippen MR) is 67.7 cm³/mol. The summed E-state index contributed by atoms with van der Waals surface area (Å²) in [6.45, 7) is -0.297. The highest BCUT2D eigenvalue weighted by Crippen LogP contribution is 2.33. The molecule has 0 aromatic carbocycles. The molecule has 17 heavy (non-hydrogen) atoms. The summed E-state index contributed by atoms with van der Waals surface area (Å²) in [6, 6.07) is 1.48. The first kappa shape index (κ1) is 12.7. The Morgan fingerprint density at radius 1 is 1.65 bits per heavy atom.